The highest BCUT2D eigenvalue weighted by atomic mass is 32.2. The Morgan fingerprint density at radius 3 is 0.853 bits per heavy atom. The fourth-order valence-electron chi connectivity index (χ4n) is 3.67. The predicted octanol–water partition coefficient (Wildman–Crippen LogP) is 10.7. The summed E-state index contributed by atoms with van der Waals surface area (Å²) < 4.78 is 8.74. The smallest absolute Gasteiger partial charge is 0.314 e. The summed E-state index contributed by atoms with van der Waals surface area (Å²) >= 11 is 4.17. The van der Waals surface area contributed by atoms with E-state index in [-0.39, 0.29) is 0 Å². The molecule has 0 saturated carbocycles. The molecule has 0 aliphatic carbocycles. The topological polar surface area (TPSA) is 57.5 Å². The van der Waals surface area contributed by atoms with Crippen molar-refractivity contribution >= 4 is 31.8 Å². The van der Waals surface area contributed by atoms with Crippen molar-refractivity contribution in [2.75, 3.05) is 23.0 Å². The Hall–Kier alpha value is 0.850. The fourth-order valence-corrected chi connectivity index (χ4v) is 5.07. The lowest BCUT2D eigenvalue weighted by Crippen LogP contribution is -1.84. The highest BCUT2D eigenvalue weighted by molar-refractivity contribution is 7.99. The molecule has 0 amide bonds. The van der Waals surface area contributed by atoms with Gasteiger partial charge in [-0.2, -0.15) is 23.5 Å². The van der Waals surface area contributed by atoms with E-state index in [0.29, 0.717) is 0 Å². The van der Waals surface area contributed by atoms with E-state index in [1.54, 1.807) is 0 Å². The molecule has 0 saturated heterocycles. The van der Waals surface area contributed by atoms with Gasteiger partial charge in [-0.05, 0) is 35.9 Å². The number of hydrogen-bond donors (Lipinski definition) is 2. The molecule has 34 heavy (non-hydrogen) atoms. The highest BCUT2D eigenvalue weighted by Crippen LogP contribution is 2.13. The van der Waals surface area contributed by atoms with Crippen molar-refractivity contribution in [2.45, 2.75) is 156 Å². The number of unbranched alkanes of at least 4 members (excludes halogenated alkanes) is 18. The Bertz CT molecular complexity index is 294. The standard InChI is InChI=1S/2C14H30S.H3O3P/c2*1-3-5-6-7-8-9-10-11-12-13-14-15-4-2;1-4(2)3/h2*3-14H2,1-2H3;4H,(H2,1,2,3). The number of hydrogen-bond acceptors (Lipinski definition) is 3. The van der Waals surface area contributed by atoms with Crippen LogP contribution >= 0.6 is 31.8 Å². The van der Waals surface area contributed by atoms with Crippen LogP contribution in [0.3, 0.4) is 0 Å². The Labute approximate surface area is 224 Å². The Balaban J connectivity index is -0.000000488. The minimum Gasteiger partial charge on any atom is -0.326 e. The maximum absolute atomic E-state index is 8.74. The molecular weight excluding hydrogens is 479 g/mol. The average molecular weight is 543 g/mol. The second-order valence-electron chi connectivity index (χ2n) is 9.04. The van der Waals surface area contributed by atoms with Crippen molar-refractivity contribution in [2.24, 2.45) is 0 Å². The summed E-state index contributed by atoms with van der Waals surface area (Å²) in [5.41, 5.74) is 0. The van der Waals surface area contributed by atoms with Crippen molar-refractivity contribution in [3.63, 3.8) is 0 Å². The third-order valence-corrected chi connectivity index (χ3v) is 7.66. The van der Waals surface area contributed by atoms with Crippen LogP contribution < -0.4 is 0 Å². The van der Waals surface area contributed by atoms with Crippen LogP contribution in [0.25, 0.3) is 0 Å². The van der Waals surface area contributed by atoms with Crippen LogP contribution in [-0.2, 0) is 4.57 Å². The van der Waals surface area contributed by atoms with E-state index in [2.05, 4.69) is 51.2 Å². The van der Waals surface area contributed by atoms with Gasteiger partial charge in [-0.15, -0.1) is 0 Å². The molecule has 0 fully saturated rings. The quantitative estimate of drug-likeness (QED) is 0.0938. The van der Waals surface area contributed by atoms with Crippen LogP contribution in [0.5, 0.6) is 0 Å². The molecular formula is C28H63O3PS2. The first kappa shape index (κ1) is 39.4. The van der Waals surface area contributed by atoms with Gasteiger partial charge in [-0.3, -0.25) is 4.57 Å². The largest absolute Gasteiger partial charge is 0.326 e. The monoisotopic (exact) mass is 542 g/mol. The summed E-state index contributed by atoms with van der Waals surface area (Å²) in [4.78, 5) is 14.3. The number of thioether (sulfide) groups is 2. The molecule has 0 aliphatic rings. The highest BCUT2D eigenvalue weighted by Gasteiger charge is 1.93. The van der Waals surface area contributed by atoms with Crippen LogP contribution in [-0.4, -0.2) is 32.8 Å². The lowest BCUT2D eigenvalue weighted by Gasteiger charge is -2.01. The maximum Gasteiger partial charge on any atom is 0.314 e. The van der Waals surface area contributed by atoms with E-state index < -0.39 is 8.25 Å². The summed E-state index contributed by atoms with van der Waals surface area (Å²) in [6.45, 7) is 9.07. The zero-order valence-corrected chi connectivity index (χ0v) is 26.2. The van der Waals surface area contributed by atoms with Gasteiger partial charge >= 0.3 is 8.25 Å². The van der Waals surface area contributed by atoms with Gasteiger partial charge in [0.1, 0.15) is 0 Å². The molecule has 2 N–H and O–H groups in total. The minimum atomic E-state index is -3.13. The van der Waals surface area contributed by atoms with E-state index in [9.17, 15) is 0 Å². The fraction of sp³-hybridized carbons (Fsp3) is 1.00. The lowest BCUT2D eigenvalue weighted by molar-refractivity contribution is 0.405. The first-order chi connectivity index (χ1) is 16.6. The Kier molecular flexibility index (Phi) is 47.5. The molecule has 0 heterocycles. The van der Waals surface area contributed by atoms with Crippen LogP contribution in [0, 0.1) is 0 Å². The minimum absolute atomic E-state index is 1.29. The van der Waals surface area contributed by atoms with Gasteiger partial charge < -0.3 is 9.79 Å². The lowest BCUT2D eigenvalue weighted by atomic mass is 10.1. The molecule has 6 heteroatoms. The predicted molar refractivity (Wildman–Crippen MR) is 163 cm³/mol. The van der Waals surface area contributed by atoms with E-state index in [1.165, 1.54) is 151 Å². The van der Waals surface area contributed by atoms with Crippen LogP contribution in [0.15, 0.2) is 0 Å². The summed E-state index contributed by atoms with van der Waals surface area (Å²) in [6, 6.07) is 0. The molecule has 0 radical (unpaired) electrons. The van der Waals surface area contributed by atoms with Crippen molar-refractivity contribution in [1.29, 1.82) is 0 Å². The van der Waals surface area contributed by atoms with Gasteiger partial charge in [-0.25, -0.2) is 0 Å². The molecule has 0 spiro atoms. The molecule has 0 atom stereocenters. The first-order valence-electron chi connectivity index (χ1n) is 14.6. The molecule has 0 unspecified atom stereocenters. The normalized spacial score (nSPS) is 10.6. The second-order valence-corrected chi connectivity index (χ2v) is 12.4. The van der Waals surface area contributed by atoms with Gasteiger partial charge in [0.15, 0.2) is 0 Å². The summed E-state index contributed by atoms with van der Waals surface area (Å²) in [6.07, 6.45) is 29.1. The second kappa shape index (κ2) is 41.0. The van der Waals surface area contributed by atoms with E-state index in [1.807, 2.05) is 0 Å². The zero-order chi connectivity index (χ0) is 26.0. The van der Waals surface area contributed by atoms with Gasteiger partial charge in [0, 0.05) is 0 Å². The summed E-state index contributed by atoms with van der Waals surface area (Å²) in [5.74, 6) is 5.34. The van der Waals surface area contributed by atoms with Crippen molar-refractivity contribution in [3.05, 3.63) is 0 Å². The third kappa shape index (κ3) is 54.0. The average Bonchev–Trinajstić information content (AvgIpc) is 2.81. The van der Waals surface area contributed by atoms with Gasteiger partial charge in [0.25, 0.3) is 0 Å². The summed E-state index contributed by atoms with van der Waals surface area (Å²) in [7, 11) is -3.13. The van der Waals surface area contributed by atoms with E-state index in [0.717, 1.165) is 0 Å². The van der Waals surface area contributed by atoms with Gasteiger partial charge in [0.2, 0.25) is 0 Å². The van der Waals surface area contributed by atoms with E-state index >= 15 is 0 Å². The molecule has 3 nitrogen and oxygen atoms in total. The molecule has 0 rings (SSSR count). The van der Waals surface area contributed by atoms with Gasteiger partial charge in [0.05, 0.1) is 0 Å². The van der Waals surface area contributed by atoms with Crippen molar-refractivity contribution in [1.82, 2.24) is 0 Å². The van der Waals surface area contributed by atoms with Crippen molar-refractivity contribution < 1.29 is 14.4 Å². The van der Waals surface area contributed by atoms with Crippen LogP contribution in [0.4, 0.5) is 0 Å². The van der Waals surface area contributed by atoms with Crippen LogP contribution in [0.1, 0.15) is 156 Å². The van der Waals surface area contributed by atoms with E-state index in [4.69, 9.17) is 14.4 Å². The zero-order valence-electron chi connectivity index (χ0n) is 23.6. The van der Waals surface area contributed by atoms with Gasteiger partial charge in [-0.1, -0.05) is 143 Å². The molecule has 210 valence electrons. The van der Waals surface area contributed by atoms with Crippen molar-refractivity contribution in [3.8, 4) is 0 Å². The SMILES string of the molecule is CCCCCCCCCCCCSCC.CCCCCCCCCCCCSCC.O=[PH](O)O. The molecule has 0 bridgehead atoms. The molecule has 0 aromatic rings. The Morgan fingerprint density at radius 2 is 0.647 bits per heavy atom. The summed E-state index contributed by atoms with van der Waals surface area (Å²) in [5, 5.41) is 0. The Morgan fingerprint density at radius 1 is 0.441 bits per heavy atom. The molecule has 0 aliphatic heterocycles. The van der Waals surface area contributed by atoms with Crippen LogP contribution in [0.2, 0.25) is 0 Å². The number of rotatable bonds is 24. The maximum atomic E-state index is 8.74. The first-order valence-corrected chi connectivity index (χ1v) is 18.2. The molecule has 0 aromatic heterocycles. The molecule has 0 aromatic carbocycles. The third-order valence-electron chi connectivity index (χ3n) is 5.69.